The largest absolute Gasteiger partial charge is 0.507 e. The molecular weight excluding hydrogens is 445 g/mol. The van der Waals surface area contributed by atoms with Crippen molar-refractivity contribution in [3.63, 3.8) is 0 Å². The Balaban J connectivity index is 2.07. The molecule has 6 nitrogen and oxygen atoms in total. The summed E-state index contributed by atoms with van der Waals surface area (Å²) in [4.78, 5) is 26.7. The highest BCUT2D eigenvalue weighted by Gasteiger charge is 2.45. The number of hydrogen-bond acceptors (Lipinski definition) is 5. The molecule has 1 heterocycles. The van der Waals surface area contributed by atoms with Gasteiger partial charge in [0.1, 0.15) is 11.6 Å². The van der Waals surface area contributed by atoms with Gasteiger partial charge < -0.3 is 19.8 Å². The average Bonchev–Trinajstić information content (AvgIpc) is 2.96. The first-order valence-corrected chi connectivity index (χ1v) is 9.71. The molecule has 0 aliphatic carbocycles. The molecule has 1 saturated heterocycles. The number of ketones is 1. The standard InChI is InChI=1S/C21H19BrFNO5/c22-15-6-4-13(5-7-15)19(26)17-18(14-2-1-3-16(23)12-14)24(21(28)20(17)27)8-10-29-11-9-25/h1-7,12,18,25-26H,8-11H2/t18-/m1/s1. The smallest absolute Gasteiger partial charge is 0.295 e. The van der Waals surface area contributed by atoms with Crippen molar-refractivity contribution in [3.8, 4) is 0 Å². The Morgan fingerprint density at radius 2 is 1.86 bits per heavy atom. The van der Waals surface area contributed by atoms with E-state index >= 15 is 0 Å². The van der Waals surface area contributed by atoms with Crippen LogP contribution in [0, 0.1) is 5.82 Å². The number of rotatable bonds is 7. The van der Waals surface area contributed by atoms with Crippen LogP contribution in [0.2, 0.25) is 0 Å². The van der Waals surface area contributed by atoms with Crippen molar-refractivity contribution < 1.29 is 28.9 Å². The van der Waals surface area contributed by atoms with Crippen molar-refractivity contribution in [2.24, 2.45) is 0 Å². The number of amides is 1. The lowest BCUT2D eigenvalue weighted by Gasteiger charge is -2.25. The lowest BCUT2D eigenvalue weighted by Crippen LogP contribution is -2.33. The zero-order valence-electron chi connectivity index (χ0n) is 15.3. The summed E-state index contributed by atoms with van der Waals surface area (Å²) in [5, 5.41) is 19.7. The number of benzene rings is 2. The zero-order chi connectivity index (χ0) is 21.0. The van der Waals surface area contributed by atoms with Crippen LogP contribution in [0.15, 0.2) is 58.6 Å². The van der Waals surface area contributed by atoms with Gasteiger partial charge in [0.25, 0.3) is 11.7 Å². The van der Waals surface area contributed by atoms with Gasteiger partial charge in [0.2, 0.25) is 0 Å². The Kier molecular flexibility index (Phi) is 6.79. The highest BCUT2D eigenvalue weighted by molar-refractivity contribution is 9.10. The van der Waals surface area contributed by atoms with Crippen LogP contribution in [0.4, 0.5) is 4.39 Å². The Bertz CT molecular complexity index is 944. The molecule has 1 aliphatic rings. The van der Waals surface area contributed by atoms with E-state index in [2.05, 4.69) is 15.9 Å². The van der Waals surface area contributed by atoms with E-state index in [0.29, 0.717) is 11.1 Å². The predicted molar refractivity (Wildman–Crippen MR) is 107 cm³/mol. The van der Waals surface area contributed by atoms with Crippen molar-refractivity contribution >= 4 is 33.4 Å². The number of ether oxygens (including phenoxy) is 1. The molecule has 3 rings (SSSR count). The quantitative estimate of drug-likeness (QED) is 0.285. The van der Waals surface area contributed by atoms with Gasteiger partial charge in [-0.1, -0.05) is 40.2 Å². The van der Waals surface area contributed by atoms with Crippen molar-refractivity contribution in [2.75, 3.05) is 26.4 Å². The van der Waals surface area contributed by atoms with Crippen LogP contribution in [0.3, 0.4) is 0 Å². The fourth-order valence-electron chi connectivity index (χ4n) is 3.23. The minimum atomic E-state index is -0.952. The molecule has 8 heteroatoms. The second kappa shape index (κ2) is 9.30. The summed E-state index contributed by atoms with van der Waals surface area (Å²) in [5.41, 5.74) is 0.624. The Hall–Kier alpha value is -2.55. The number of carbonyl (C=O) groups excluding carboxylic acids is 2. The van der Waals surface area contributed by atoms with E-state index in [4.69, 9.17) is 9.84 Å². The SMILES string of the molecule is O=C1C(=O)N(CCOCCO)[C@H](c2cccc(F)c2)C1=C(O)c1ccc(Br)cc1. The van der Waals surface area contributed by atoms with Crippen LogP contribution in [0.5, 0.6) is 0 Å². The van der Waals surface area contributed by atoms with Crippen molar-refractivity contribution in [3.05, 3.63) is 75.5 Å². The summed E-state index contributed by atoms with van der Waals surface area (Å²) >= 11 is 3.31. The minimum Gasteiger partial charge on any atom is -0.507 e. The van der Waals surface area contributed by atoms with E-state index in [1.165, 1.54) is 23.1 Å². The van der Waals surface area contributed by atoms with Gasteiger partial charge in [-0.25, -0.2) is 4.39 Å². The first-order chi connectivity index (χ1) is 13.9. The molecule has 0 unspecified atom stereocenters. The van der Waals surface area contributed by atoms with E-state index in [9.17, 15) is 19.1 Å². The predicted octanol–water partition coefficient (Wildman–Crippen LogP) is 3.02. The first-order valence-electron chi connectivity index (χ1n) is 8.92. The van der Waals surface area contributed by atoms with Gasteiger partial charge in [-0.3, -0.25) is 9.59 Å². The number of halogens is 2. The highest BCUT2D eigenvalue weighted by Crippen LogP contribution is 2.39. The Labute approximate surface area is 175 Å². The third-order valence-electron chi connectivity index (χ3n) is 4.53. The molecule has 0 radical (unpaired) electrons. The molecule has 152 valence electrons. The Morgan fingerprint density at radius 1 is 1.14 bits per heavy atom. The summed E-state index contributed by atoms with van der Waals surface area (Å²) in [6.07, 6.45) is 0. The summed E-state index contributed by atoms with van der Waals surface area (Å²) in [6, 6.07) is 11.2. The molecule has 2 N–H and O–H groups in total. The maximum absolute atomic E-state index is 13.9. The topological polar surface area (TPSA) is 87.1 Å². The molecule has 1 atom stereocenters. The third-order valence-corrected chi connectivity index (χ3v) is 5.06. The molecule has 0 bridgehead atoms. The number of aliphatic hydroxyl groups is 2. The number of likely N-dealkylation sites (tertiary alicyclic amines) is 1. The lowest BCUT2D eigenvalue weighted by molar-refractivity contribution is -0.140. The van der Waals surface area contributed by atoms with Gasteiger partial charge in [-0.2, -0.15) is 0 Å². The maximum Gasteiger partial charge on any atom is 0.295 e. The molecule has 29 heavy (non-hydrogen) atoms. The number of aliphatic hydroxyl groups excluding tert-OH is 2. The van der Waals surface area contributed by atoms with E-state index in [1.807, 2.05) is 0 Å². The second-order valence-electron chi connectivity index (χ2n) is 6.39. The third kappa shape index (κ3) is 4.55. The normalized spacial score (nSPS) is 18.4. The summed E-state index contributed by atoms with van der Waals surface area (Å²) in [5.74, 6) is -2.50. The molecule has 1 fully saturated rings. The summed E-state index contributed by atoms with van der Waals surface area (Å²) < 4.78 is 19.9. The van der Waals surface area contributed by atoms with Gasteiger partial charge in [-0.05, 0) is 29.8 Å². The first kappa shape index (κ1) is 21.2. The van der Waals surface area contributed by atoms with Crippen LogP contribution in [-0.2, 0) is 14.3 Å². The fourth-order valence-corrected chi connectivity index (χ4v) is 3.49. The van der Waals surface area contributed by atoms with Crippen molar-refractivity contribution in [2.45, 2.75) is 6.04 Å². The lowest BCUT2D eigenvalue weighted by atomic mass is 9.95. The van der Waals surface area contributed by atoms with E-state index in [-0.39, 0.29) is 37.7 Å². The molecule has 0 spiro atoms. The maximum atomic E-state index is 13.9. The van der Waals surface area contributed by atoms with Gasteiger partial charge in [0.15, 0.2) is 0 Å². The van der Waals surface area contributed by atoms with Crippen LogP contribution in [0.1, 0.15) is 17.2 Å². The second-order valence-corrected chi connectivity index (χ2v) is 7.31. The van der Waals surface area contributed by atoms with Crippen molar-refractivity contribution in [1.29, 1.82) is 0 Å². The molecule has 0 saturated carbocycles. The van der Waals surface area contributed by atoms with E-state index in [0.717, 1.165) is 4.47 Å². The molecular formula is C21H19BrFNO5. The Morgan fingerprint density at radius 3 is 2.52 bits per heavy atom. The van der Waals surface area contributed by atoms with Crippen LogP contribution in [0.25, 0.3) is 5.76 Å². The summed E-state index contributed by atoms with van der Waals surface area (Å²) in [7, 11) is 0. The van der Waals surface area contributed by atoms with Crippen LogP contribution < -0.4 is 0 Å². The van der Waals surface area contributed by atoms with Crippen LogP contribution in [-0.4, -0.2) is 53.2 Å². The summed E-state index contributed by atoms with van der Waals surface area (Å²) in [6.45, 7) is 0.0454. The van der Waals surface area contributed by atoms with Crippen LogP contribution >= 0.6 is 15.9 Å². The minimum absolute atomic E-state index is 0.0445. The number of nitrogens with zero attached hydrogens (tertiary/aromatic N) is 1. The zero-order valence-corrected chi connectivity index (χ0v) is 16.9. The van der Waals surface area contributed by atoms with E-state index < -0.39 is 23.5 Å². The molecule has 2 aromatic carbocycles. The van der Waals surface area contributed by atoms with Gasteiger partial charge in [0.05, 0.1) is 31.4 Å². The number of carbonyl (C=O) groups is 2. The highest BCUT2D eigenvalue weighted by atomic mass is 79.9. The number of hydrogen-bond donors (Lipinski definition) is 2. The van der Waals surface area contributed by atoms with Gasteiger partial charge in [-0.15, -0.1) is 0 Å². The average molecular weight is 464 g/mol. The fraction of sp³-hybridized carbons (Fsp3) is 0.238. The number of Topliss-reactive ketones (excluding diaryl/α,β-unsaturated/α-hetero) is 1. The van der Waals surface area contributed by atoms with Crippen molar-refractivity contribution in [1.82, 2.24) is 4.90 Å². The van der Waals surface area contributed by atoms with Gasteiger partial charge in [0, 0.05) is 16.6 Å². The molecule has 0 aromatic heterocycles. The van der Waals surface area contributed by atoms with Gasteiger partial charge >= 0.3 is 0 Å². The molecule has 2 aromatic rings. The monoisotopic (exact) mass is 463 g/mol. The molecule has 1 aliphatic heterocycles. The molecule has 1 amide bonds. The van der Waals surface area contributed by atoms with E-state index in [1.54, 1.807) is 30.3 Å².